The monoisotopic (exact) mass is 378 g/mol. The van der Waals surface area contributed by atoms with E-state index in [0.29, 0.717) is 22.2 Å². The number of aliphatic carboxylic acids is 1. The predicted molar refractivity (Wildman–Crippen MR) is 96.5 cm³/mol. The molecule has 7 heteroatoms. The minimum atomic E-state index is -1.09. The Bertz CT molecular complexity index is 955. The molecule has 3 N–H and O–H groups in total. The summed E-state index contributed by atoms with van der Waals surface area (Å²) in [5.41, 5.74) is 8.13. The lowest BCUT2D eigenvalue weighted by Gasteiger charge is -2.14. The van der Waals surface area contributed by atoms with Gasteiger partial charge in [0.1, 0.15) is 11.9 Å². The number of carboxylic acids is 1. The number of benzene rings is 2. The van der Waals surface area contributed by atoms with E-state index in [1.807, 2.05) is 6.07 Å². The van der Waals surface area contributed by atoms with Crippen LogP contribution in [-0.4, -0.2) is 22.1 Å². The van der Waals surface area contributed by atoms with Crippen LogP contribution in [0.15, 0.2) is 42.6 Å². The van der Waals surface area contributed by atoms with Gasteiger partial charge in [0.15, 0.2) is 0 Å². The molecule has 0 saturated carbocycles. The number of rotatable bonds is 4. The first-order chi connectivity index (χ1) is 11.9. The van der Waals surface area contributed by atoms with Crippen LogP contribution in [0.4, 0.5) is 4.39 Å². The summed E-state index contributed by atoms with van der Waals surface area (Å²) in [5.74, 6) is -1.61. The minimum absolute atomic E-state index is 0.133. The number of halogens is 3. The Labute approximate surface area is 153 Å². The van der Waals surface area contributed by atoms with Crippen LogP contribution in [-0.2, 0) is 11.2 Å². The molecule has 0 amide bonds. The van der Waals surface area contributed by atoms with Gasteiger partial charge in [-0.05, 0) is 29.3 Å². The topological polar surface area (TPSA) is 76.2 Å². The number of carboxylic acid groups (broad SMARTS) is 1. The molecule has 128 valence electrons. The Kier molecular flexibility index (Phi) is 4.90. The van der Waals surface area contributed by atoms with Gasteiger partial charge in [-0.25, -0.2) is 4.39 Å². The summed E-state index contributed by atoms with van der Waals surface area (Å²) in [4.78, 5) is 15.4. The van der Waals surface area contributed by atoms with Crippen LogP contribution >= 0.6 is 23.2 Å². The standard InChI is InChI=1S/C18H13Cl2FN2O2/c19-13-7-10(21)8-14(20)16(13)11-4-3-9(6-15(22)18(24)25)17-12(11)2-1-5-23-17/h1-5,7-8,15H,6,22H2,(H,24,25)/t15-/m0/s1. The zero-order valence-electron chi connectivity index (χ0n) is 12.8. The maximum atomic E-state index is 13.5. The minimum Gasteiger partial charge on any atom is -0.480 e. The molecule has 0 bridgehead atoms. The second-order valence-electron chi connectivity index (χ2n) is 5.57. The molecule has 1 atom stereocenters. The van der Waals surface area contributed by atoms with Crippen molar-refractivity contribution in [1.29, 1.82) is 0 Å². The van der Waals surface area contributed by atoms with Gasteiger partial charge < -0.3 is 10.8 Å². The summed E-state index contributed by atoms with van der Waals surface area (Å²) >= 11 is 12.4. The van der Waals surface area contributed by atoms with E-state index in [4.69, 9.17) is 34.0 Å². The average Bonchev–Trinajstić information content (AvgIpc) is 2.55. The van der Waals surface area contributed by atoms with Crippen LogP contribution in [0.3, 0.4) is 0 Å². The summed E-state index contributed by atoms with van der Waals surface area (Å²) in [6.07, 6.45) is 1.74. The lowest BCUT2D eigenvalue weighted by Crippen LogP contribution is -2.32. The molecule has 25 heavy (non-hydrogen) atoms. The molecule has 0 aliphatic carbocycles. The second kappa shape index (κ2) is 6.96. The number of hydrogen-bond acceptors (Lipinski definition) is 3. The molecule has 4 nitrogen and oxygen atoms in total. The maximum Gasteiger partial charge on any atom is 0.320 e. The summed E-state index contributed by atoms with van der Waals surface area (Å²) in [5, 5.41) is 10.1. The number of carbonyl (C=O) groups is 1. The van der Waals surface area contributed by atoms with E-state index in [-0.39, 0.29) is 16.5 Å². The number of aromatic nitrogens is 1. The van der Waals surface area contributed by atoms with Gasteiger partial charge in [-0.15, -0.1) is 0 Å². The van der Waals surface area contributed by atoms with Crippen molar-refractivity contribution in [2.75, 3.05) is 0 Å². The van der Waals surface area contributed by atoms with Crippen molar-refractivity contribution in [1.82, 2.24) is 4.98 Å². The molecular formula is C18H13Cl2FN2O2. The smallest absolute Gasteiger partial charge is 0.320 e. The normalized spacial score (nSPS) is 12.3. The third-order valence-electron chi connectivity index (χ3n) is 3.89. The molecule has 0 aliphatic rings. The number of nitrogens with two attached hydrogens (primary N) is 1. The van der Waals surface area contributed by atoms with Crippen LogP contribution in [0.1, 0.15) is 5.56 Å². The Balaban J connectivity index is 2.22. The van der Waals surface area contributed by atoms with Gasteiger partial charge in [0, 0.05) is 23.6 Å². The van der Waals surface area contributed by atoms with Gasteiger partial charge in [0.25, 0.3) is 0 Å². The lowest BCUT2D eigenvalue weighted by atomic mass is 9.95. The number of fused-ring (bicyclic) bond motifs is 1. The first kappa shape index (κ1) is 17.6. The van der Waals surface area contributed by atoms with Gasteiger partial charge in [-0.1, -0.05) is 41.4 Å². The van der Waals surface area contributed by atoms with Gasteiger partial charge >= 0.3 is 5.97 Å². The van der Waals surface area contributed by atoms with Gasteiger partial charge in [-0.2, -0.15) is 0 Å². The zero-order chi connectivity index (χ0) is 18.1. The molecule has 0 aliphatic heterocycles. The van der Waals surface area contributed by atoms with E-state index in [9.17, 15) is 9.18 Å². The Morgan fingerprint density at radius 3 is 2.56 bits per heavy atom. The molecule has 1 aromatic heterocycles. The van der Waals surface area contributed by atoms with Crippen molar-refractivity contribution in [3.8, 4) is 11.1 Å². The maximum absolute atomic E-state index is 13.5. The Morgan fingerprint density at radius 1 is 1.24 bits per heavy atom. The van der Waals surface area contributed by atoms with Crippen molar-refractivity contribution in [2.45, 2.75) is 12.5 Å². The lowest BCUT2D eigenvalue weighted by molar-refractivity contribution is -0.138. The Hall–Kier alpha value is -2.21. The van der Waals surface area contributed by atoms with Gasteiger partial charge in [-0.3, -0.25) is 9.78 Å². The summed E-state index contributed by atoms with van der Waals surface area (Å²) < 4.78 is 13.5. The van der Waals surface area contributed by atoms with Crippen molar-refractivity contribution in [3.05, 3.63) is 64.0 Å². The van der Waals surface area contributed by atoms with Gasteiger partial charge in [0.05, 0.1) is 15.6 Å². The molecule has 3 rings (SSSR count). The first-order valence-corrected chi connectivity index (χ1v) is 8.14. The van der Waals surface area contributed by atoms with E-state index in [1.165, 1.54) is 12.1 Å². The van der Waals surface area contributed by atoms with E-state index in [0.717, 1.165) is 5.39 Å². The fourth-order valence-electron chi connectivity index (χ4n) is 2.74. The third-order valence-corrected chi connectivity index (χ3v) is 4.48. The molecule has 0 spiro atoms. The third kappa shape index (κ3) is 3.44. The van der Waals surface area contributed by atoms with Gasteiger partial charge in [0.2, 0.25) is 0 Å². The highest BCUT2D eigenvalue weighted by Gasteiger charge is 2.18. The highest BCUT2D eigenvalue weighted by molar-refractivity contribution is 6.39. The molecule has 0 unspecified atom stereocenters. The van der Waals surface area contributed by atoms with Crippen molar-refractivity contribution < 1.29 is 14.3 Å². The average molecular weight is 379 g/mol. The number of nitrogens with zero attached hydrogens (tertiary/aromatic N) is 1. The van der Waals surface area contributed by atoms with E-state index in [2.05, 4.69) is 4.98 Å². The van der Waals surface area contributed by atoms with E-state index in [1.54, 1.807) is 24.4 Å². The first-order valence-electron chi connectivity index (χ1n) is 7.38. The zero-order valence-corrected chi connectivity index (χ0v) is 14.4. The molecule has 0 saturated heterocycles. The summed E-state index contributed by atoms with van der Waals surface area (Å²) in [7, 11) is 0. The highest BCUT2D eigenvalue weighted by atomic mass is 35.5. The molecule has 0 radical (unpaired) electrons. The van der Waals surface area contributed by atoms with E-state index >= 15 is 0 Å². The summed E-state index contributed by atoms with van der Waals surface area (Å²) in [6, 6.07) is 8.43. The van der Waals surface area contributed by atoms with Crippen molar-refractivity contribution in [3.63, 3.8) is 0 Å². The van der Waals surface area contributed by atoms with Crippen LogP contribution in [0.2, 0.25) is 10.0 Å². The molecule has 0 fully saturated rings. The van der Waals surface area contributed by atoms with Crippen LogP contribution < -0.4 is 5.73 Å². The predicted octanol–water partition coefficient (Wildman–Crippen LogP) is 4.30. The van der Waals surface area contributed by atoms with Crippen LogP contribution in [0.5, 0.6) is 0 Å². The second-order valence-corrected chi connectivity index (χ2v) is 6.38. The summed E-state index contributed by atoms with van der Waals surface area (Å²) in [6.45, 7) is 0. The van der Waals surface area contributed by atoms with Crippen LogP contribution in [0.25, 0.3) is 22.0 Å². The fraction of sp³-hybridized carbons (Fsp3) is 0.111. The number of pyridine rings is 1. The molecule has 2 aromatic carbocycles. The quantitative estimate of drug-likeness (QED) is 0.709. The molecular weight excluding hydrogens is 366 g/mol. The molecule has 3 aromatic rings. The van der Waals surface area contributed by atoms with Crippen molar-refractivity contribution >= 4 is 40.1 Å². The van der Waals surface area contributed by atoms with Crippen molar-refractivity contribution in [2.24, 2.45) is 5.73 Å². The van der Waals surface area contributed by atoms with E-state index < -0.39 is 17.8 Å². The largest absolute Gasteiger partial charge is 0.480 e. The number of hydrogen-bond donors (Lipinski definition) is 2. The van der Waals surface area contributed by atoms with Crippen LogP contribution in [0, 0.1) is 5.82 Å². The Morgan fingerprint density at radius 2 is 1.92 bits per heavy atom. The SMILES string of the molecule is N[C@@H](Cc1ccc(-c2c(Cl)cc(F)cc2Cl)c2cccnc12)C(=O)O. The molecule has 1 heterocycles. The fourth-order valence-corrected chi connectivity index (χ4v) is 3.40. The highest BCUT2D eigenvalue weighted by Crippen LogP contribution is 2.39.